The molecule has 149 heavy (non-hydrogen) atoms. The summed E-state index contributed by atoms with van der Waals surface area (Å²) in [4.78, 5) is 89.5. The predicted octanol–water partition coefficient (Wildman–Crippen LogP) is 12.2. The third-order valence-electron chi connectivity index (χ3n) is 19.5. The quantitative estimate of drug-likeness (QED) is 0.0203. The Hall–Kier alpha value is -17.2. The lowest BCUT2D eigenvalue weighted by Crippen LogP contribution is -2.22. The number of pyridine rings is 5. The molecule has 55 heteroatoms. The number of ether oxygens (including phenoxy) is 2. The van der Waals surface area contributed by atoms with Gasteiger partial charge in [-0.25, -0.2) is 50.2 Å². The largest absolute Gasteiger partial charge is 0.497 e. The van der Waals surface area contributed by atoms with Crippen LogP contribution in [0.2, 0.25) is 10.3 Å². The predicted molar refractivity (Wildman–Crippen MR) is 555 cm³/mol. The van der Waals surface area contributed by atoms with Crippen molar-refractivity contribution >= 4 is 175 Å². The maximum Gasteiger partial charge on any atom is 0.446 e. The molecule has 0 aliphatic heterocycles. The molecule has 784 valence electrons. The van der Waals surface area contributed by atoms with Crippen LogP contribution in [0.25, 0.3) is 0 Å². The minimum Gasteiger partial charge on any atom is -0.497 e. The number of rotatable bonds is 28. The molecule has 0 bridgehead atoms. The molecular formula is C94H106Cl2F3N33O14S3. The summed E-state index contributed by atoms with van der Waals surface area (Å²) >= 11 is 11.4. The smallest absolute Gasteiger partial charge is 0.446 e. The fourth-order valence-corrected chi connectivity index (χ4v) is 14.4. The van der Waals surface area contributed by atoms with E-state index in [-0.39, 0.29) is 117 Å². The number of hydrogen-bond acceptors (Lipinski definition) is 42. The highest BCUT2D eigenvalue weighted by Crippen LogP contribution is 2.33. The summed E-state index contributed by atoms with van der Waals surface area (Å²) in [7, 11) is 0.0622. The normalized spacial score (nSPS) is 10.9. The van der Waals surface area contributed by atoms with Crippen molar-refractivity contribution < 1.29 is 76.7 Å². The first-order valence-electron chi connectivity index (χ1n) is 43.8. The van der Waals surface area contributed by atoms with Gasteiger partial charge < -0.3 is 84.3 Å². The average Bonchev–Trinajstić information content (AvgIpc) is 0.807. The molecular weight excluding hydrogens is 2040 g/mol. The molecule has 47 nitrogen and oxygen atoms in total. The number of nitrogens with two attached hydrogens (primary N) is 1. The number of sulfone groups is 3. The molecule has 14 rings (SSSR count). The summed E-state index contributed by atoms with van der Waals surface area (Å²) in [6.07, 6.45) is 5.19. The zero-order valence-electron chi connectivity index (χ0n) is 83.4. The van der Waals surface area contributed by atoms with Crippen LogP contribution in [0.3, 0.4) is 0 Å². The summed E-state index contributed by atoms with van der Waals surface area (Å²) in [5, 5.41) is 92.3. The molecule has 15 N–H and O–H groups in total. The lowest BCUT2D eigenvalue weighted by molar-refractivity contribution is -0.156. The first-order chi connectivity index (χ1) is 70.4. The Morgan fingerprint density at radius 1 is 0.356 bits per heavy atom. The lowest BCUT2D eigenvalue weighted by Gasteiger charge is -2.17. The van der Waals surface area contributed by atoms with Gasteiger partial charge in [-0.3, -0.25) is 28.8 Å². The molecule has 0 aliphatic carbocycles. The van der Waals surface area contributed by atoms with Gasteiger partial charge in [-0.05, 0) is 133 Å². The van der Waals surface area contributed by atoms with Crippen molar-refractivity contribution in [1.29, 1.82) is 0 Å². The van der Waals surface area contributed by atoms with Gasteiger partial charge in [0.05, 0.1) is 54.0 Å². The first kappa shape index (κ1) is 117. The van der Waals surface area contributed by atoms with Crippen LogP contribution in [0.5, 0.6) is 11.5 Å². The lowest BCUT2D eigenvalue weighted by atomic mass is 9.92. The maximum atomic E-state index is 12.3. The average molecular weight is 2150 g/mol. The number of aldehydes is 1. The second-order valence-electron chi connectivity index (χ2n) is 32.9. The van der Waals surface area contributed by atoms with E-state index >= 15 is 0 Å². The number of halogens is 5. The van der Waals surface area contributed by atoms with E-state index in [1.807, 2.05) is 120 Å². The standard InChI is InChI=1S/C20H24N8O3S.C20H22N6O4S.C20H22N6O2.C12H12ClN5O.C12H14N6O3S.C8H11ClN2.C2HF3O/c1-20(2,3)14-8-9-15(26-25-14)24-16-11-12(17(28-27-16)19(29)21-4)23-18-13(32(5,30)31)7-6-10-22-18;1-21-20(27)18-15(24-19-16(31(3,28)29)5-4-10-22-19)11-17(25-26-18)23-12-13-6-8-14(30-2)9-7-13;1-13-5-4-10-22-19(13)24-16-11-17(25-26-18(16)20(27)21-2)23-12-14-6-8-15(28-3)9-7-14;1-7-4-3-5-15-11(7)16-8-6-9(13)17-18-10(8)12(19)14-2;1-14-12(19)10-7(6-9(13)17-18-10)16-11-8(22(2,20)21)4-3-5-15-11;1-8(2,3)6-4-5-7(9)11-10-6;3-2(4,5)1-6/h6-11H,1-5H3,(H,21,29)(H2,22,23,24,26,27);4-11H,12H2,1-3H3,(H,21,27)(H2,22,23,24,25);4-11H,12H2,1-3H3,(H,21,27)(H2,22,23,24,25);3-6H,1-2H3,(H,14,19)(H,15,16,17);3-6H,1-2H3,(H,14,19)(H3,13,15,16,17);4-5H,1-3H3;1H. The molecule has 0 fully saturated rings. The zero-order chi connectivity index (χ0) is 110. The van der Waals surface area contributed by atoms with Gasteiger partial charge in [0.15, 0.2) is 91.6 Å². The van der Waals surface area contributed by atoms with Crippen LogP contribution >= 0.6 is 23.2 Å². The highest BCUT2D eigenvalue weighted by molar-refractivity contribution is 7.91. The Balaban J connectivity index is 0.000000220. The summed E-state index contributed by atoms with van der Waals surface area (Å²) in [5.41, 5.74) is 13.2. The summed E-state index contributed by atoms with van der Waals surface area (Å²) < 4.78 is 113. The molecule has 0 radical (unpaired) electrons. The van der Waals surface area contributed by atoms with Crippen molar-refractivity contribution in [3.63, 3.8) is 0 Å². The van der Waals surface area contributed by atoms with E-state index < -0.39 is 59.7 Å². The summed E-state index contributed by atoms with van der Waals surface area (Å²) in [6, 6.07) is 46.6. The van der Waals surface area contributed by atoms with E-state index in [0.29, 0.717) is 58.7 Å². The van der Waals surface area contributed by atoms with Crippen molar-refractivity contribution in [2.75, 3.05) is 116 Å². The highest BCUT2D eigenvalue weighted by Gasteiger charge is 2.28. The molecule has 0 unspecified atom stereocenters. The number of nitrogens with zero attached hydrogens (tertiary/aromatic N) is 19. The maximum absolute atomic E-state index is 12.3. The van der Waals surface area contributed by atoms with Crippen LogP contribution in [0.15, 0.2) is 209 Å². The number of amides is 5. The molecule has 2 aromatic carbocycles. The van der Waals surface area contributed by atoms with Gasteiger partial charge in [-0.2, -0.15) is 23.4 Å². The van der Waals surface area contributed by atoms with Crippen molar-refractivity contribution in [3.05, 3.63) is 267 Å². The van der Waals surface area contributed by atoms with Gasteiger partial charge in [0.25, 0.3) is 29.5 Å². The third kappa shape index (κ3) is 36.5. The minimum absolute atomic E-state index is 0.00223. The second kappa shape index (κ2) is 54.1. The zero-order valence-corrected chi connectivity index (χ0v) is 87.3. The molecule has 0 spiro atoms. The van der Waals surface area contributed by atoms with Crippen molar-refractivity contribution in [2.24, 2.45) is 0 Å². The molecule has 12 heterocycles. The summed E-state index contributed by atoms with van der Waals surface area (Å²) in [6.45, 7) is 17.2. The molecule has 0 aliphatic rings. The third-order valence-corrected chi connectivity index (χ3v) is 23.2. The van der Waals surface area contributed by atoms with E-state index in [4.69, 9.17) is 43.2 Å². The molecule has 14 aromatic rings. The van der Waals surface area contributed by atoms with Crippen LogP contribution < -0.4 is 84.3 Å². The first-order valence-corrected chi connectivity index (χ1v) is 50.3. The Kier molecular flexibility index (Phi) is 42.5. The van der Waals surface area contributed by atoms with E-state index in [1.54, 1.807) is 57.9 Å². The van der Waals surface area contributed by atoms with Crippen LogP contribution in [-0.4, -0.2) is 232 Å². The SMILES string of the molecule is CC(C)(C)c1ccc(Cl)nn1.CNC(=O)c1nnc(Cl)cc1Nc1ncccc1C.CNC(=O)c1nnc(N)cc1Nc1ncccc1S(C)(=O)=O.CNC(=O)c1nnc(NCc2ccc(OC)cc2)cc1Nc1ncccc1C.CNC(=O)c1nnc(NCc2ccc(OC)cc2)cc1Nc1ncccc1S(C)(=O)=O.CNC(=O)c1nnc(Nc2ccc(C(C)(C)C)nn2)cc1Nc1ncccc1S(C)(=O)=O.O=CC(F)(F)F. The van der Waals surface area contributed by atoms with Crippen LogP contribution in [-0.2, 0) is 58.2 Å². The number of carbonyl (C=O) groups is 6. The van der Waals surface area contributed by atoms with Crippen LogP contribution in [0.4, 0.5) is 99.8 Å². The van der Waals surface area contributed by atoms with Gasteiger partial charge >= 0.3 is 6.18 Å². The second-order valence-corrected chi connectivity index (χ2v) is 39.6. The number of aryl methyl sites for hydroxylation is 2. The van der Waals surface area contributed by atoms with E-state index in [0.717, 1.165) is 63.9 Å². The molecule has 0 saturated heterocycles. The molecule has 12 aromatic heterocycles. The number of nitrogens with one attached hydrogen (secondary N) is 13. The van der Waals surface area contributed by atoms with Crippen LogP contribution in [0.1, 0.15) is 128 Å². The Bertz CT molecular complexity index is 7370. The van der Waals surface area contributed by atoms with Crippen molar-refractivity contribution in [1.82, 2.24) is 123 Å². The minimum atomic E-state index is -4.64. The van der Waals surface area contributed by atoms with Gasteiger partial charge in [0.2, 0.25) is 6.29 Å². The number of nitrogen functional groups attached to an aromatic ring is 1. The molecule has 5 amide bonds. The van der Waals surface area contributed by atoms with Crippen molar-refractivity contribution in [3.8, 4) is 11.5 Å². The van der Waals surface area contributed by atoms with Crippen molar-refractivity contribution in [2.45, 2.75) is 100 Å². The Morgan fingerprint density at radius 2 is 0.644 bits per heavy atom. The van der Waals surface area contributed by atoms with E-state index in [9.17, 15) is 62.4 Å². The number of benzene rings is 2. The number of carbonyl (C=O) groups excluding carboxylic acids is 6. The molecule has 0 saturated carbocycles. The van der Waals surface area contributed by atoms with Gasteiger partial charge in [-0.1, -0.05) is 101 Å². The number of methoxy groups -OCH3 is 2. The fourth-order valence-electron chi connectivity index (χ4n) is 11.8. The number of aromatic nitrogens is 19. The highest BCUT2D eigenvalue weighted by atomic mass is 35.5. The monoisotopic (exact) mass is 2140 g/mol. The Morgan fingerprint density at radius 3 is 0.953 bits per heavy atom. The summed E-state index contributed by atoms with van der Waals surface area (Å²) in [5.74, 6) is 2.63. The number of alkyl halides is 3. The fraction of sp³-hybridized carbons (Fsp3) is 0.245. The van der Waals surface area contributed by atoms with Crippen LogP contribution in [0, 0.1) is 13.8 Å². The number of anilines is 15. The van der Waals surface area contributed by atoms with Gasteiger partial charge in [0.1, 0.15) is 61.1 Å². The number of hydrogen-bond donors (Lipinski definition) is 14. The van der Waals surface area contributed by atoms with E-state index in [2.05, 4.69) is 186 Å². The van der Waals surface area contributed by atoms with Gasteiger partial charge in [-0.15, -0.1) is 61.2 Å². The van der Waals surface area contributed by atoms with Gasteiger partial charge in [0, 0.05) is 139 Å². The Labute approximate surface area is 864 Å². The topological polar surface area (TPSA) is 651 Å². The van der Waals surface area contributed by atoms with E-state index in [1.165, 1.54) is 101 Å². The molecule has 0 atom stereocenters.